The zero-order valence-electron chi connectivity index (χ0n) is 18.8. The van der Waals surface area contributed by atoms with E-state index in [1.54, 1.807) is 48.5 Å². The molecule has 3 aromatic carbocycles. The number of amides is 2. The highest BCUT2D eigenvalue weighted by Crippen LogP contribution is 2.23. The highest BCUT2D eigenvalue weighted by molar-refractivity contribution is 7.92. The third kappa shape index (κ3) is 6.20. The molecule has 2 amide bonds. The number of para-hydroxylation sites is 2. The molecule has 0 aliphatic carbocycles. The Hall–Kier alpha value is -3.65. The first-order chi connectivity index (χ1) is 15.7. The zero-order valence-corrected chi connectivity index (χ0v) is 19.6. The number of carbonyl (C=O) groups excluding carboxylic acids is 2. The van der Waals surface area contributed by atoms with Crippen LogP contribution in [0.4, 0.5) is 11.4 Å². The van der Waals surface area contributed by atoms with Gasteiger partial charge in [-0.15, -0.1) is 0 Å². The van der Waals surface area contributed by atoms with Crippen molar-refractivity contribution in [3.05, 3.63) is 89.5 Å². The van der Waals surface area contributed by atoms with E-state index >= 15 is 0 Å². The number of rotatable bonds is 8. The van der Waals surface area contributed by atoms with Crippen LogP contribution in [-0.2, 0) is 10.0 Å². The van der Waals surface area contributed by atoms with Crippen LogP contribution in [0.25, 0.3) is 0 Å². The summed E-state index contributed by atoms with van der Waals surface area (Å²) in [6.45, 7) is 6.35. The summed E-state index contributed by atoms with van der Waals surface area (Å²) in [6.07, 6.45) is 0. The molecule has 7 nitrogen and oxygen atoms in total. The molecule has 0 bridgehead atoms. The van der Waals surface area contributed by atoms with Gasteiger partial charge in [0.15, 0.2) is 0 Å². The first-order valence-electron chi connectivity index (χ1n) is 10.5. The molecule has 0 unspecified atom stereocenters. The molecule has 0 aliphatic rings. The van der Waals surface area contributed by atoms with E-state index in [0.29, 0.717) is 17.8 Å². The minimum absolute atomic E-state index is 0.0930. The number of hydrogen-bond donors (Lipinski definition) is 3. The van der Waals surface area contributed by atoms with E-state index < -0.39 is 15.9 Å². The summed E-state index contributed by atoms with van der Waals surface area (Å²) >= 11 is 0. The Morgan fingerprint density at radius 3 is 1.94 bits per heavy atom. The van der Waals surface area contributed by atoms with Crippen molar-refractivity contribution in [1.29, 1.82) is 0 Å². The molecule has 0 fully saturated rings. The summed E-state index contributed by atoms with van der Waals surface area (Å²) in [4.78, 5) is 25.7. The number of benzene rings is 3. The fourth-order valence-electron chi connectivity index (χ4n) is 3.06. The van der Waals surface area contributed by atoms with Gasteiger partial charge >= 0.3 is 0 Å². The van der Waals surface area contributed by atoms with Crippen LogP contribution in [0.5, 0.6) is 0 Å². The van der Waals surface area contributed by atoms with Crippen molar-refractivity contribution in [1.82, 2.24) is 5.32 Å². The van der Waals surface area contributed by atoms with E-state index in [-0.39, 0.29) is 28.0 Å². The number of anilines is 2. The van der Waals surface area contributed by atoms with E-state index in [1.807, 2.05) is 20.8 Å². The van der Waals surface area contributed by atoms with Gasteiger partial charge in [0.2, 0.25) is 0 Å². The second-order valence-electron chi connectivity index (χ2n) is 8.07. The first kappa shape index (κ1) is 24.0. The molecule has 3 aromatic rings. The minimum Gasteiger partial charge on any atom is -0.352 e. The molecule has 0 aliphatic heterocycles. The SMILES string of the molecule is Cc1ccc(S(=O)(=O)Nc2ccccc2C(=O)Nc2ccccc2C(=O)NCC(C)C)cc1. The van der Waals surface area contributed by atoms with Crippen LogP contribution in [0.2, 0.25) is 0 Å². The van der Waals surface area contributed by atoms with Crippen LogP contribution in [0.3, 0.4) is 0 Å². The van der Waals surface area contributed by atoms with Gasteiger partial charge in [0.05, 0.1) is 27.4 Å². The Kier molecular flexibility index (Phi) is 7.50. The Morgan fingerprint density at radius 1 is 0.788 bits per heavy atom. The maximum absolute atomic E-state index is 13.1. The van der Waals surface area contributed by atoms with Gasteiger partial charge in [-0.3, -0.25) is 14.3 Å². The number of aryl methyl sites for hydroxylation is 1. The lowest BCUT2D eigenvalue weighted by molar-refractivity contribution is 0.0950. The molecule has 0 saturated carbocycles. The molecule has 8 heteroatoms. The monoisotopic (exact) mass is 465 g/mol. The van der Waals surface area contributed by atoms with Crippen molar-refractivity contribution in [3.63, 3.8) is 0 Å². The predicted molar refractivity (Wildman–Crippen MR) is 130 cm³/mol. The molecule has 3 rings (SSSR count). The van der Waals surface area contributed by atoms with Gasteiger partial charge < -0.3 is 10.6 Å². The Labute approximate surface area is 194 Å². The van der Waals surface area contributed by atoms with Crippen LogP contribution in [0.15, 0.2) is 77.7 Å². The highest BCUT2D eigenvalue weighted by Gasteiger charge is 2.20. The Balaban J connectivity index is 1.84. The number of carbonyl (C=O) groups is 2. The molecular weight excluding hydrogens is 438 g/mol. The Bertz CT molecular complexity index is 1250. The molecule has 33 heavy (non-hydrogen) atoms. The van der Waals surface area contributed by atoms with Crippen molar-refractivity contribution >= 4 is 33.2 Å². The van der Waals surface area contributed by atoms with Gasteiger partial charge in [-0.1, -0.05) is 55.8 Å². The second kappa shape index (κ2) is 10.3. The lowest BCUT2D eigenvalue weighted by Gasteiger charge is -2.15. The smallest absolute Gasteiger partial charge is 0.261 e. The summed E-state index contributed by atoms with van der Waals surface area (Å²) in [5.41, 5.74) is 1.86. The molecule has 0 radical (unpaired) electrons. The molecule has 0 atom stereocenters. The Morgan fingerprint density at radius 2 is 1.33 bits per heavy atom. The van der Waals surface area contributed by atoms with Crippen molar-refractivity contribution in [2.75, 3.05) is 16.6 Å². The quantitative estimate of drug-likeness (QED) is 0.458. The van der Waals surface area contributed by atoms with E-state index in [1.165, 1.54) is 24.3 Å². The van der Waals surface area contributed by atoms with Gasteiger partial charge in [-0.25, -0.2) is 8.42 Å². The first-order valence-corrected chi connectivity index (χ1v) is 12.0. The van der Waals surface area contributed by atoms with Gasteiger partial charge in [0, 0.05) is 6.54 Å². The van der Waals surface area contributed by atoms with Gasteiger partial charge in [0.1, 0.15) is 0 Å². The van der Waals surface area contributed by atoms with Crippen molar-refractivity contribution in [3.8, 4) is 0 Å². The number of sulfonamides is 1. The highest BCUT2D eigenvalue weighted by atomic mass is 32.2. The van der Waals surface area contributed by atoms with Crippen LogP contribution < -0.4 is 15.4 Å². The summed E-state index contributed by atoms with van der Waals surface area (Å²) < 4.78 is 28.1. The summed E-state index contributed by atoms with van der Waals surface area (Å²) in [7, 11) is -3.89. The van der Waals surface area contributed by atoms with Crippen molar-refractivity contribution < 1.29 is 18.0 Å². The van der Waals surface area contributed by atoms with E-state index in [2.05, 4.69) is 15.4 Å². The number of hydrogen-bond acceptors (Lipinski definition) is 4. The van der Waals surface area contributed by atoms with E-state index in [4.69, 9.17) is 0 Å². The molecule has 3 N–H and O–H groups in total. The minimum atomic E-state index is -3.89. The number of nitrogens with one attached hydrogen (secondary N) is 3. The average molecular weight is 466 g/mol. The molecule has 0 spiro atoms. The predicted octanol–water partition coefficient (Wildman–Crippen LogP) is 4.43. The summed E-state index contributed by atoms with van der Waals surface area (Å²) in [5.74, 6) is -0.557. The van der Waals surface area contributed by atoms with Crippen LogP contribution >= 0.6 is 0 Å². The fourth-order valence-corrected chi connectivity index (χ4v) is 4.14. The lowest BCUT2D eigenvalue weighted by atomic mass is 10.1. The molecule has 0 saturated heterocycles. The fraction of sp³-hybridized carbons (Fsp3) is 0.200. The largest absolute Gasteiger partial charge is 0.352 e. The third-order valence-corrected chi connectivity index (χ3v) is 6.22. The van der Waals surface area contributed by atoms with Gasteiger partial charge in [-0.2, -0.15) is 0 Å². The van der Waals surface area contributed by atoms with Crippen molar-refractivity contribution in [2.24, 2.45) is 5.92 Å². The summed E-state index contributed by atoms with van der Waals surface area (Å²) in [5, 5.41) is 5.57. The van der Waals surface area contributed by atoms with Crippen LogP contribution in [-0.4, -0.2) is 26.8 Å². The van der Waals surface area contributed by atoms with Gasteiger partial charge in [0.25, 0.3) is 21.8 Å². The molecular formula is C25H27N3O4S. The maximum Gasteiger partial charge on any atom is 0.261 e. The average Bonchev–Trinajstić information content (AvgIpc) is 2.78. The molecule has 0 aromatic heterocycles. The van der Waals surface area contributed by atoms with Crippen LogP contribution in [0, 0.1) is 12.8 Å². The van der Waals surface area contributed by atoms with Crippen LogP contribution in [0.1, 0.15) is 40.1 Å². The molecule has 0 heterocycles. The van der Waals surface area contributed by atoms with Gasteiger partial charge in [-0.05, 0) is 49.2 Å². The molecule has 172 valence electrons. The second-order valence-corrected chi connectivity index (χ2v) is 9.75. The van der Waals surface area contributed by atoms with Crippen molar-refractivity contribution in [2.45, 2.75) is 25.7 Å². The lowest BCUT2D eigenvalue weighted by Crippen LogP contribution is -2.28. The summed E-state index contributed by atoms with van der Waals surface area (Å²) in [6, 6.07) is 19.4. The topological polar surface area (TPSA) is 104 Å². The zero-order chi connectivity index (χ0) is 24.0. The van der Waals surface area contributed by atoms with E-state index in [0.717, 1.165) is 5.56 Å². The standard InChI is InChI=1S/C25H27N3O4S/c1-17(2)16-26-24(29)20-8-4-6-10-22(20)27-25(30)21-9-5-7-11-23(21)28-33(31,32)19-14-12-18(3)13-15-19/h4-15,17,28H,16H2,1-3H3,(H,26,29)(H,27,30). The van der Waals surface area contributed by atoms with E-state index in [9.17, 15) is 18.0 Å². The maximum atomic E-state index is 13.1. The normalized spacial score (nSPS) is 11.2. The third-order valence-electron chi connectivity index (χ3n) is 4.84.